The fourth-order valence-electron chi connectivity index (χ4n) is 1.77. The van der Waals surface area contributed by atoms with Crippen LogP contribution in [0.5, 0.6) is 0 Å². The van der Waals surface area contributed by atoms with Crippen LogP contribution in [0, 0.1) is 11.3 Å². The van der Waals surface area contributed by atoms with E-state index >= 15 is 0 Å². The highest BCUT2D eigenvalue weighted by Crippen LogP contribution is 2.17. The second kappa shape index (κ2) is 4.26. The number of H-pyrrole nitrogens is 1. The molecule has 1 aromatic carbocycles. The number of nitrogens with zero attached hydrogens (tertiary/aromatic N) is 2. The van der Waals surface area contributed by atoms with Crippen molar-refractivity contribution in [2.24, 2.45) is 0 Å². The minimum Gasteiger partial charge on any atom is -0.449 e. The number of nitriles is 1. The quantitative estimate of drug-likeness (QED) is 0.735. The zero-order valence-electron chi connectivity index (χ0n) is 9.47. The third-order valence-electron chi connectivity index (χ3n) is 2.68. The molecule has 0 fully saturated rings. The lowest BCUT2D eigenvalue weighted by molar-refractivity contribution is 0.506. The highest BCUT2D eigenvalue weighted by molar-refractivity contribution is 5.81. The number of fused-ring (bicyclic) bond motifs is 1. The Morgan fingerprint density at radius 1 is 1.33 bits per heavy atom. The fourth-order valence-corrected chi connectivity index (χ4v) is 1.77. The van der Waals surface area contributed by atoms with Gasteiger partial charge in [0.25, 0.3) is 0 Å². The van der Waals surface area contributed by atoms with Crippen molar-refractivity contribution in [3.05, 3.63) is 48.0 Å². The molecular formula is C13H10N4O. The standard InChI is InChI=1S/C13H10N4O/c14-6-11-2-3-12(18-11)8-15-10-1-4-13-9(5-10)7-16-17-13/h1-5,7,15H,8H2,(H,16,17). The molecule has 2 heterocycles. The van der Waals surface area contributed by atoms with Crippen molar-refractivity contribution in [3.8, 4) is 6.07 Å². The van der Waals surface area contributed by atoms with Gasteiger partial charge in [0.2, 0.25) is 5.76 Å². The van der Waals surface area contributed by atoms with E-state index < -0.39 is 0 Å². The number of hydrogen-bond donors (Lipinski definition) is 2. The van der Waals surface area contributed by atoms with Gasteiger partial charge >= 0.3 is 0 Å². The summed E-state index contributed by atoms with van der Waals surface area (Å²) in [6.07, 6.45) is 1.78. The third kappa shape index (κ3) is 1.92. The van der Waals surface area contributed by atoms with Crippen LogP contribution in [-0.4, -0.2) is 10.2 Å². The molecule has 0 spiro atoms. The Morgan fingerprint density at radius 2 is 2.28 bits per heavy atom. The molecule has 0 saturated carbocycles. The molecule has 18 heavy (non-hydrogen) atoms. The van der Waals surface area contributed by atoms with E-state index in [4.69, 9.17) is 9.68 Å². The predicted octanol–water partition coefficient (Wildman–Crippen LogP) is 2.64. The molecule has 88 valence electrons. The Labute approximate surface area is 103 Å². The van der Waals surface area contributed by atoms with Crippen molar-refractivity contribution < 1.29 is 4.42 Å². The van der Waals surface area contributed by atoms with E-state index in [1.165, 1.54) is 0 Å². The molecule has 3 rings (SSSR count). The first-order valence-electron chi connectivity index (χ1n) is 5.51. The first-order valence-corrected chi connectivity index (χ1v) is 5.51. The zero-order valence-corrected chi connectivity index (χ0v) is 9.47. The molecule has 0 aliphatic heterocycles. The lowest BCUT2D eigenvalue weighted by Crippen LogP contribution is -1.97. The van der Waals surface area contributed by atoms with Gasteiger partial charge in [-0.2, -0.15) is 10.4 Å². The van der Waals surface area contributed by atoms with E-state index in [0.717, 1.165) is 22.4 Å². The highest BCUT2D eigenvalue weighted by atomic mass is 16.3. The van der Waals surface area contributed by atoms with E-state index in [1.807, 2.05) is 24.3 Å². The molecule has 0 radical (unpaired) electrons. The lowest BCUT2D eigenvalue weighted by Gasteiger charge is -2.03. The second-order valence-electron chi connectivity index (χ2n) is 3.90. The van der Waals surface area contributed by atoms with Crippen LogP contribution in [-0.2, 0) is 6.54 Å². The molecule has 5 nitrogen and oxygen atoms in total. The smallest absolute Gasteiger partial charge is 0.203 e. The molecule has 2 N–H and O–H groups in total. The van der Waals surface area contributed by atoms with Gasteiger partial charge in [0.15, 0.2) is 0 Å². The molecule has 2 aromatic heterocycles. The van der Waals surface area contributed by atoms with Crippen molar-refractivity contribution >= 4 is 16.6 Å². The van der Waals surface area contributed by atoms with Crippen molar-refractivity contribution in [2.45, 2.75) is 6.54 Å². The normalized spacial score (nSPS) is 10.4. The second-order valence-corrected chi connectivity index (χ2v) is 3.90. The summed E-state index contributed by atoms with van der Waals surface area (Å²) in [6, 6.07) is 11.4. The van der Waals surface area contributed by atoms with Crippen LogP contribution in [0.15, 0.2) is 40.9 Å². The Balaban J connectivity index is 1.74. The Kier molecular flexibility index (Phi) is 2.47. The fraction of sp³-hybridized carbons (Fsp3) is 0.0769. The number of rotatable bonds is 3. The van der Waals surface area contributed by atoms with Crippen LogP contribution in [0.1, 0.15) is 11.5 Å². The number of hydrogen-bond acceptors (Lipinski definition) is 4. The number of aromatic nitrogens is 2. The SMILES string of the molecule is N#Cc1ccc(CNc2ccc3[nH]ncc3c2)o1. The van der Waals surface area contributed by atoms with Gasteiger partial charge in [0, 0.05) is 11.1 Å². The van der Waals surface area contributed by atoms with Gasteiger partial charge in [-0.15, -0.1) is 0 Å². The molecule has 0 aliphatic carbocycles. The number of furan rings is 1. The summed E-state index contributed by atoms with van der Waals surface area (Å²) < 4.78 is 5.28. The topological polar surface area (TPSA) is 77.6 Å². The van der Waals surface area contributed by atoms with E-state index in [2.05, 4.69) is 15.5 Å². The predicted molar refractivity (Wildman–Crippen MR) is 66.8 cm³/mol. The van der Waals surface area contributed by atoms with Crippen LogP contribution in [0.3, 0.4) is 0 Å². The van der Waals surface area contributed by atoms with Gasteiger partial charge in [-0.25, -0.2) is 0 Å². The van der Waals surface area contributed by atoms with Crippen LogP contribution in [0.25, 0.3) is 10.9 Å². The summed E-state index contributed by atoms with van der Waals surface area (Å²) in [4.78, 5) is 0. The van der Waals surface area contributed by atoms with Crippen LogP contribution < -0.4 is 5.32 Å². The van der Waals surface area contributed by atoms with E-state index in [1.54, 1.807) is 18.3 Å². The van der Waals surface area contributed by atoms with E-state index in [0.29, 0.717) is 12.3 Å². The first-order chi connectivity index (χ1) is 8.85. The minimum absolute atomic E-state index is 0.331. The van der Waals surface area contributed by atoms with Gasteiger partial charge in [-0.05, 0) is 30.3 Å². The molecule has 0 unspecified atom stereocenters. The van der Waals surface area contributed by atoms with Crippen molar-refractivity contribution in [3.63, 3.8) is 0 Å². The number of benzene rings is 1. The molecule has 5 heteroatoms. The average Bonchev–Trinajstić information content (AvgIpc) is 3.04. The third-order valence-corrected chi connectivity index (χ3v) is 2.68. The maximum Gasteiger partial charge on any atom is 0.203 e. The average molecular weight is 238 g/mol. The summed E-state index contributed by atoms with van der Waals surface area (Å²) in [5.41, 5.74) is 1.99. The summed E-state index contributed by atoms with van der Waals surface area (Å²) in [5.74, 6) is 1.07. The molecule has 0 bridgehead atoms. The molecule has 0 saturated heterocycles. The van der Waals surface area contributed by atoms with E-state index in [9.17, 15) is 0 Å². The lowest BCUT2D eigenvalue weighted by atomic mass is 10.2. The summed E-state index contributed by atoms with van der Waals surface area (Å²) in [5, 5.41) is 19.8. The van der Waals surface area contributed by atoms with Crippen LogP contribution in [0.4, 0.5) is 5.69 Å². The monoisotopic (exact) mass is 238 g/mol. The highest BCUT2D eigenvalue weighted by Gasteiger charge is 2.02. The summed E-state index contributed by atoms with van der Waals surface area (Å²) in [7, 11) is 0. The van der Waals surface area contributed by atoms with Crippen LogP contribution in [0.2, 0.25) is 0 Å². The van der Waals surface area contributed by atoms with Crippen molar-refractivity contribution in [2.75, 3.05) is 5.32 Å². The van der Waals surface area contributed by atoms with E-state index in [-0.39, 0.29) is 0 Å². The van der Waals surface area contributed by atoms with Gasteiger partial charge in [-0.1, -0.05) is 0 Å². The summed E-state index contributed by atoms with van der Waals surface area (Å²) >= 11 is 0. The number of nitrogens with one attached hydrogen (secondary N) is 2. The Hall–Kier alpha value is -2.74. The Bertz CT molecular complexity index is 720. The van der Waals surface area contributed by atoms with Crippen molar-refractivity contribution in [1.29, 1.82) is 5.26 Å². The molecule has 3 aromatic rings. The van der Waals surface area contributed by atoms with Gasteiger partial charge in [0.05, 0.1) is 18.3 Å². The first kappa shape index (κ1) is 10.4. The molecule has 0 atom stereocenters. The zero-order chi connectivity index (χ0) is 12.4. The van der Waals surface area contributed by atoms with Gasteiger partial charge in [0.1, 0.15) is 11.8 Å². The molecule has 0 amide bonds. The minimum atomic E-state index is 0.331. The molecule has 0 aliphatic rings. The van der Waals surface area contributed by atoms with Gasteiger partial charge in [-0.3, -0.25) is 5.10 Å². The summed E-state index contributed by atoms with van der Waals surface area (Å²) in [6.45, 7) is 0.547. The largest absolute Gasteiger partial charge is 0.449 e. The maximum absolute atomic E-state index is 8.66. The van der Waals surface area contributed by atoms with Crippen molar-refractivity contribution in [1.82, 2.24) is 10.2 Å². The van der Waals surface area contributed by atoms with Gasteiger partial charge < -0.3 is 9.73 Å². The van der Waals surface area contributed by atoms with Crippen LogP contribution >= 0.6 is 0 Å². The maximum atomic E-state index is 8.66. The molecular weight excluding hydrogens is 228 g/mol. The number of aromatic amines is 1. The Morgan fingerprint density at radius 3 is 3.11 bits per heavy atom. The number of anilines is 1.